The maximum atomic E-state index is 14.6. The smallest absolute Gasteiger partial charge is 0.158 e. The number of carbonyl (C=O) groups excluding carboxylic acids is 1. The summed E-state index contributed by atoms with van der Waals surface area (Å²) in [6.07, 6.45) is 4.70. The quantitative estimate of drug-likeness (QED) is 0.650. The zero-order valence-electron chi connectivity index (χ0n) is 16.3. The van der Waals surface area contributed by atoms with Crippen LogP contribution in [0.5, 0.6) is 0 Å². The van der Waals surface area contributed by atoms with Gasteiger partial charge in [-0.25, -0.2) is 27.8 Å². The van der Waals surface area contributed by atoms with E-state index in [2.05, 4.69) is 15.1 Å². The van der Waals surface area contributed by atoms with Crippen LogP contribution in [0, 0.1) is 29.3 Å². The Labute approximate surface area is 166 Å². The number of aryl methyl sites for hydroxylation is 1. The number of halogens is 3. The van der Waals surface area contributed by atoms with E-state index in [1.807, 2.05) is 0 Å². The van der Waals surface area contributed by atoms with Crippen molar-refractivity contribution in [1.29, 1.82) is 0 Å². The fourth-order valence-corrected chi connectivity index (χ4v) is 4.22. The van der Waals surface area contributed by atoms with E-state index in [-0.39, 0.29) is 34.7 Å². The van der Waals surface area contributed by atoms with E-state index in [1.165, 1.54) is 10.7 Å². The highest BCUT2D eigenvalue weighted by molar-refractivity contribution is 5.90. The van der Waals surface area contributed by atoms with Gasteiger partial charge < -0.3 is 0 Å². The molecule has 2 atom stereocenters. The first-order valence-corrected chi connectivity index (χ1v) is 9.67. The summed E-state index contributed by atoms with van der Waals surface area (Å²) in [6, 6.07) is 2.02. The molecule has 0 bridgehead atoms. The lowest BCUT2D eigenvalue weighted by molar-refractivity contribution is -0.122. The molecule has 3 heterocycles. The maximum Gasteiger partial charge on any atom is 0.158 e. The van der Waals surface area contributed by atoms with Gasteiger partial charge in [-0.2, -0.15) is 5.10 Å². The van der Waals surface area contributed by atoms with E-state index in [0.717, 1.165) is 31.5 Å². The van der Waals surface area contributed by atoms with Crippen molar-refractivity contribution in [2.75, 3.05) is 0 Å². The summed E-state index contributed by atoms with van der Waals surface area (Å²) in [6.45, 7) is 1.58. The fourth-order valence-electron chi connectivity index (χ4n) is 4.22. The molecule has 29 heavy (non-hydrogen) atoms. The van der Waals surface area contributed by atoms with E-state index in [0.29, 0.717) is 23.9 Å². The predicted molar refractivity (Wildman–Crippen MR) is 101 cm³/mol. The van der Waals surface area contributed by atoms with Crippen LogP contribution in [0.2, 0.25) is 0 Å². The second-order valence-corrected chi connectivity index (χ2v) is 7.79. The normalized spacial score (nSPS) is 19.6. The Morgan fingerprint density at radius 2 is 1.97 bits per heavy atom. The number of pyridine rings is 2. The Kier molecular flexibility index (Phi) is 5.10. The number of Topliss-reactive ketones (excluding diaryl/α,β-unsaturated/α-hetero) is 1. The number of fused-ring (bicyclic) bond motifs is 1. The molecule has 1 aliphatic carbocycles. The SMILES string of the molecule is CC(=O)[C@@H]1CCC[C@H](Cc2nc(-c3nn(C)c4ncc(F)cc34)c(F)cc2F)C1. The number of nitrogens with zero attached hydrogens (tertiary/aromatic N) is 4. The summed E-state index contributed by atoms with van der Waals surface area (Å²) in [5, 5.41) is 4.54. The van der Waals surface area contributed by atoms with Crippen molar-refractivity contribution in [2.45, 2.75) is 39.0 Å². The van der Waals surface area contributed by atoms with Gasteiger partial charge in [0.05, 0.1) is 17.3 Å². The molecule has 0 spiro atoms. The van der Waals surface area contributed by atoms with E-state index in [1.54, 1.807) is 14.0 Å². The van der Waals surface area contributed by atoms with E-state index < -0.39 is 17.5 Å². The van der Waals surface area contributed by atoms with Crippen molar-refractivity contribution >= 4 is 16.8 Å². The number of rotatable bonds is 4. The minimum Gasteiger partial charge on any atom is -0.300 e. The molecule has 152 valence electrons. The molecule has 0 aromatic carbocycles. The van der Waals surface area contributed by atoms with Gasteiger partial charge in [-0.1, -0.05) is 12.8 Å². The van der Waals surface area contributed by atoms with E-state index in [4.69, 9.17) is 0 Å². The van der Waals surface area contributed by atoms with Crippen LogP contribution in [0.15, 0.2) is 18.3 Å². The Morgan fingerprint density at radius 3 is 2.72 bits per heavy atom. The highest BCUT2D eigenvalue weighted by Gasteiger charge is 2.27. The fraction of sp³-hybridized carbons (Fsp3) is 0.429. The molecule has 0 amide bonds. The Hall–Kier alpha value is -2.77. The van der Waals surface area contributed by atoms with Gasteiger partial charge in [-0.05, 0) is 38.2 Å². The van der Waals surface area contributed by atoms with Gasteiger partial charge in [-0.15, -0.1) is 0 Å². The molecule has 1 saturated carbocycles. The monoisotopic (exact) mass is 402 g/mol. The Bertz CT molecular complexity index is 1100. The summed E-state index contributed by atoms with van der Waals surface area (Å²) in [5.41, 5.74) is 0.514. The Balaban J connectivity index is 1.72. The minimum absolute atomic E-state index is 0.00878. The first-order valence-electron chi connectivity index (χ1n) is 9.67. The molecule has 8 heteroatoms. The van der Waals surface area contributed by atoms with Crippen LogP contribution in [0.25, 0.3) is 22.4 Å². The summed E-state index contributed by atoms with van der Waals surface area (Å²) in [4.78, 5) is 19.9. The minimum atomic E-state index is -0.860. The largest absolute Gasteiger partial charge is 0.300 e. The van der Waals surface area contributed by atoms with Crippen LogP contribution in [0.4, 0.5) is 13.2 Å². The number of hydrogen-bond acceptors (Lipinski definition) is 4. The second kappa shape index (κ2) is 7.57. The van der Waals surface area contributed by atoms with Crippen LogP contribution in [-0.4, -0.2) is 25.5 Å². The first-order chi connectivity index (χ1) is 13.8. The highest BCUT2D eigenvalue weighted by atomic mass is 19.1. The zero-order chi connectivity index (χ0) is 20.7. The van der Waals surface area contributed by atoms with Crippen molar-refractivity contribution in [2.24, 2.45) is 18.9 Å². The van der Waals surface area contributed by atoms with Crippen LogP contribution >= 0.6 is 0 Å². The van der Waals surface area contributed by atoms with Gasteiger partial charge >= 0.3 is 0 Å². The maximum absolute atomic E-state index is 14.6. The molecular formula is C21H21F3N4O. The van der Waals surface area contributed by atoms with Crippen LogP contribution < -0.4 is 0 Å². The molecule has 4 rings (SSSR count). The van der Waals surface area contributed by atoms with Gasteiger partial charge in [-0.3, -0.25) is 4.79 Å². The lowest BCUT2D eigenvalue weighted by Crippen LogP contribution is -2.23. The summed E-state index contributed by atoms with van der Waals surface area (Å²) in [7, 11) is 1.61. The third kappa shape index (κ3) is 3.75. The van der Waals surface area contributed by atoms with Crippen molar-refractivity contribution in [3.05, 3.63) is 41.5 Å². The van der Waals surface area contributed by atoms with Crippen molar-refractivity contribution < 1.29 is 18.0 Å². The first kappa shape index (κ1) is 19.5. The zero-order valence-corrected chi connectivity index (χ0v) is 16.3. The van der Waals surface area contributed by atoms with Gasteiger partial charge in [0.15, 0.2) is 11.5 Å². The number of aromatic nitrogens is 4. The number of ketones is 1. The number of hydrogen-bond donors (Lipinski definition) is 0. The molecule has 0 saturated heterocycles. The summed E-state index contributed by atoms with van der Waals surface area (Å²) in [5.74, 6) is -1.91. The highest BCUT2D eigenvalue weighted by Crippen LogP contribution is 2.34. The molecule has 3 aromatic rings. The molecular weight excluding hydrogens is 381 g/mol. The summed E-state index contributed by atoms with van der Waals surface area (Å²) < 4.78 is 44.2. The van der Waals surface area contributed by atoms with E-state index in [9.17, 15) is 18.0 Å². The second-order valence-electron chi connectivity index (χ2n) is 7.79. The molecule has 5 nitrogen and oxygen atoms in total. The average Bonchev–Trinajstić information content (AvgIpc) is 2.99. The van der Waals surface area contributed by atoms with Gasteiger partial charge in [0, 0.05) is 19.0 Å². The third-order valence-electron chi connectivity index (χ3n) is 5.71. The van der Waals surface area contributed by atoms with Gasteiger partial charge in [0.25, 0.3) is 0 Å². The molecule has 0 unspecified atom stereocenters. The third-order valence-corrected chi connectivity index (χ3v) is 5.71. The van der Waals surface area contributed by atoms with Gasteiger partial charge in [0.2, 0.25) is 0 Å². The van der Waals surface area contributed by atoms with Crippen molar-refractivity contribution in [3.63, 3.8) is 0 Å². The van der Waals surface area contributed by atoms with Crippen molar-refractivity contribution in [3.8, 4) is 11.4 Å². The van der Waals surface area contributed by atoms with Crippen molar-refractivity contribution in [1.82, 2.24) is 19.7 Å². The molecule has 1 aliphatic rings. The molecule has 1 fully saturated rings. The van der Waals surface area contributed by atoms with E-state index >= 15 is 0 Å². The predicted octanol–water partition coefficient (Wildman–Crippen LogP) is 4.39. The Morgan fingerprint density at radius 1 is 1.17 bits per heavy atom. The molecule has 0 N–H and O–H groups in total. The molecule has 3 aromatic heterocycles. The average molecular weight is 402 g/mol. The number of carbonyl (C=O) groups is 1. The standard InChI is InChI=1S/C21H21F3N4O/c1-11(29)13-5-3-4-12(6-13)7-18-16(23)9-17(24)20(26-18)19-15-8-14(22)10-25-21(15)28(2)27-19/h8-10,12-13H,3-7H2,1-2H3/t12-,13+/m0/s1. The van der Waals surface area contributed by atoms with Crippen LogP contribution in [0.1, 0.15) is 38.3 Å². The van der Waals surface area contributed by atoms with Gasteiger partial charge in [0.1, 0.15) is 28.8 Å². The molecule has 0 radical (unpaired) electrons. The molecule has 0 aliphatic heterocycles. The summed E-state index contributed by atoms with van der Waals surface area (Å²) >= 11 is 0. The van der Waals surface area contributed by atoms with Crippen LogP contribution in [-0.2, 0) is 18.3 Å². The lowest BCUT2D eigenvalue weighted by Gasteiger charge is -2.27. The topological polar surface area (TPSA) is 60.7 Å². The lowest BCUT2D eigenvalue weighted by atomic mass is 9.78. The van der Waals surface area contributed by atoms with Crippen LogP contribution in [0.3, 0.4) is 0 Å².